The van der Waals surface area contributed by atoms with E-state index in [-0.39, 0.29) is 5.82 Å². The van der Waals surface area contributed by atoms with Gasteiger partial charge in [-0.1, -0.05) is 22.0 Å². The summed E-state index contributed by atoms with van der Waals surface area (Å²) in [7, 11) is 1.55. The topological polar surface area (TPSA) is 9.23 Å². The summed E-state index contributed by atoms with van der Waals surface area (Å²) in [6.07, 6.45) is 0. The normalized spacial score (nSPS) is 12.3. The molecule has 1 atom stereocenters. The minimum absolute atomic E-state index is 0.323. The molecule has 0 aromatic heterocycles. The van der Waals surface area contributed by atoms with Gasteiger partial charge in [0, 0.05) is 10.0 Å². The second kappa shape index (κ2) is 5.93. The Labute approximate surface area is 125 Å². The third kappa shape index (κ3) is 3.10. The quantitative estimate of drug-likeness (QED) is 0.693. The molecule has 2 aromatic rings. The summed E-state index contributed by atoms with van der Waals surface area (Å²) in [6.45, 7) is 1.97. The van der Waals surface area contributed by atoms with E-state index in [4.69, 9.17) is 16.3 Å². The lowest BCUT2D eigenvalue weighted by Crippen LogP contribution is -2.00. The molecule has 0 N–H and O–H groups in total. The molecule has 0 aliphatic heterocycles. The zero-order valence-corrected chi connectivity index (χ0v) is 12.9. The zero-order chi connectivity index (χ0) is 14.0. The van der Waals surface area contributed by atoms with Gasteiger partial charge in [0.25, 0.3) is 0 Å². The lowest BCUT2D eigenvalue weighted by atomic mass is 9.99. The highest BCUT2D eigenvalue weighted by Gasteiger charge is 2.18. The van der Waals surface area contributed by atoms with Crippen LogP contribution in [0.1, 0.15) is 22.1 Å². The van der Waals surface area contributed by atoms with Crippen LogP contribution in [-0.4, -0.2) is 7.11 Å². The molecular weight excluding hydrogens is 331 g/mol. The first-order valence-corrected chi connectivity index (χ1v) is 6.99. The monoisotopic (exact) mass is 342 g/mol. The molecule has 0 fully saturated rings. The average molecular weight is 344 g/mol. The molecule has 0 spiro atoms. The van der Waals surface area contributed by atoms with Gasteiger partial charge in [0.2, 0.25) is 0 Å². The van der Waals surface area contributed by atoms with Crippen LogP contribution in [0, 0.1) is 12.7 Å². The Kier molecular flexibility index (Phi) is 4.48. The number of ether oxygens (including phenoxy) is 1. The summed E-state index contributed by atoms with van der Waals surface area (Å²) in [5.74, 6) is 0.264. The molecule has 2 aromatic carbocycles. The Morgan fingerprint density at radius 1 is 1.16 bits per heavy atom. The van der Waals surface area contributed by atoms with Crippen LogP contribution in [0.25, 0.3) is 0 Å². The summed E-state index contributed by atoms with van der Waals surface area (Å²) >= 11 is 9.90. The Morgan fingerprint density at radius 3 is 2.53 bits per heavy atom. The minimum Gasteiger partial charge on any atom is -0.496 e. The first-order chi connectivity index (χ1) is 9.02. The second-order valence-electron chi connectivity index (χ2n) is 4.25. The molecule has 19 heavy (non-hydrogen) atoms. The largest absolute Gasteiger partial charge is 0.496 e. The number of benzene rings is 2. The van der Waals surface area contributed by atoms with Crippen LogP contribution in [0.15, 0.2) is 40.9 Å². The summed E-state index contributed by atoms with van der Waals surface area (Å²) in [6, 6.07) is 10.2. The average Bonchev–Trinajstić information content (AvgIpc) is 2.38. The molecule has 4 heteroatoms. The number of hydrogen-bond donors (Lipinski definition) is 0. The minimum atomic E-state index is -0.446. The van der Waals surface area contributed by atoms with Crippen LogP contribution < -0.4 is 4.74 Å². The number of hydrogen-bond acceptors (Lipinski definition) is 1. The van der Waals surface area contributed by atoms with Gasteiger partial charge in [0.15, 0.2) is 0 Å². The molecule has 0 radical (unpaired) electrons. The van der Waals surface area contributed by atoms with E-state index in [9.17, 15) is 4.39 Å². The van der Waals surface area contributed by atoms with E-state index < -0.39 is 5.38 Å². The summed E-state index contributed by atoms with van der Waals surface area (Å²) in [5, 5.41) is -0.446. The number of methoxy groups -OCH3 is 1. The van der Waals surface area contributed by atoms with E-state index in [0.29, 0.717) is 11.3 Å². The van der Waals surface area contributed by atoms with E-state index in [0.717, 1.165) is 15.6 Å². The molecule has 1 unspecified atom stereocenters. The van der Waals surface area contributed by atoms with Gasteiger partial charge < -0.3 is 4.74 Å². The highest BCUT2D eigenvalue weighted by atomic mass is 79.9. The lowest BCUT2D eigenvalue weighted by molar-refractivity contribution is 0.409. The van der Waals surface area contributed by atoms with Gasteiger partial charge in [0.1, 0.15) is 11.6 Å². The second-order valence-corrected chi connectivity index (χ2v) is 5.60. The van der Waals surface area contributed by atoms with Crippen molar-refractivity contribution in [1.29, 1.82) is 0 Å². The fourth-order valence-electron chi connectivity index (χ4n) is 1.99. The summed E-state index contributed by atoms with van der Waals surface area (Å²) < 4.78 is 19.6. The van der Waals surface area contributed by atoms with E-state index >= 15 is 0 Å². The van der Waals surface area contributed by atoms with Crippen molar-refractivity contribution in [2.45, 2.75) is 12.3 Å². The van der Waals surface area contributed by atoms with Gasteiger partial charge in [-0.05, 0) is 48.4 Å². The van der Waals surface area contributed by atoms with Crippen molar-refractivity contribution in [3.63, 3.8) is 0 Å². The van der Waals surface area contributed by atoms with Gasteiger partial charge >= 0.3 is 0 Å². The van der Waals surface area contributed by atoms with Gasteiger partial charge in [0.05, 0.1) is 12.5 Å². The zero-order valence-electron chi connectivity index (χ0n) is 10.6. The van der Waals surface area contributed by atoms with Crippen molar-refractivity contribution in [1.82, 2.24) is 0 Å². The standard InChI is InChI=1S/C15H13BrClFO/c1-9-7-10(16)3-5-12(9)15(17)13-8-11(18)4-6-14(13)19-2/h3-8,15H,1-2H3. The third-order valence-electron chi connectivity index (χ3n) is 2.97. The fraction of sp³-hybridized carbons (Fsp3) is 0.200. The van der Waals surface area contributed by atoms with Crippen molar-refractivity contribution in [3.05, 3.63) is 63.4 Å². The van der Waals surface area contributed by atoms with Crippen LogP contribution in [0.2, 0.25) is 0 Å². The fourth-order valence-corrected chi connectivity index (χ4v) is 2.89. The van der Waals surface area contributed by atoms with E-state index in [1.807, 2.05) is 25.1 Å². The molecular formula is C15H13BrClFO. The van der Waals surface area contributed by atoms with Crippen LogP contribution in [0.4, 0.5) is 4.39 Å². The summed E-state index contributed by atoms with van der Waals surface area (Å²) in [5.41, 5.74) is 2.61. The molecule has 100 valence electrons. The number of halogens is 3. The van der Waals surface area contributed by atoms with Crippen LogP contribution in [0.5, 0.6) is 5.75 Å². The Bertz CT molecular complexity index is 601. The highest BCUT2D eigenvalue weighted by Crippen LogP contribution is 2.37. The SMILES string of the molecule is COc1ccc(F)cc1C(Cl)c1ccc(Br)cc1C. The van der Waals surface area contributed by atoms with Crippen LogP contribution in [-0.2, 0) is 0 Å². The van der Waals surface area contributed by atoms with Crippen molar-refractivity contribution >= 4 is 27.5 Å². The van der Waals surface area contributed by atoms with E-state index in [1.54, 1.807) is 13.2 Å². The highest BCUT2D eigenvalue weighted by molar-refractivity contribution is 9.10. The van der Waals surface area contributed by atoms with E-state index in [1.165, 1.54) is 12.1 Å². The number of rotatable bonds is 3. The molecule has 2 rings (SSSR count). The molecule has 0 bridgehead atoms. The van der Waals surface area contributed by atoms with Crippen molar-refractivity contribution in [2.24, 2.45) is 0 Å². The first kappa shape index (κ1) is 14.4. The number of aryl methyl sites for hydroxylation is 1. The maximum absolute atomic E-state index is 13.4. The third-order valence-corrected chi connectivity index (χ3v) is 3.93. The Hall–Kier alpha value is -1.06. The van der Waals surface area contributed by atoms with E-state index in [2.05, 4.69) is 15.9 Å². The maximum atomic E-state index is 13.4. The molecule has 0 saturated heterocycles. The van der Waals surface area contributed by atoms with Crippen LogP contribution >= 0.6 is 27.5 Å². The lowest BCUT2D eigenvalue weighted by Gasteiger charge is -2.16. The Morgan fingerprint density at radius 2 is 1.89 bits per heavy atom. The molecule has 0 aliphatic carbocycles. The van der Waals surface area contributed by atoms with Gasteiger partial charge in [-0.3, -0.25) is 0 Å². The number of alkyl halides is 1. The van der Waals surface area contributed by atoms with Gasteiger partial charge in [-0.25, -0.2) is 4.39 Å². The predicted molar refractivity (Wildman–Crippen MR) is 79.5 cm³/mol. The van der Waals surface area contributed by atoms with Gasteiger partial charge in [-0.15, -0.1) is 11.6 Å². The van der Waals surface area contributed by atoms with Gasteiger partial charge in [-0.2, -0.15) is 0 Å². The molecule has 1 nitrogen and oxygen atoms in total. The first-order valence-electron chi connectivity index (χ1n) is 5.76. The molecule has 0 saturated carbocycles. The van der Waals surface area contributed by atoms with Crippen LogP contribution in [0.3, 0.4) is 0 Å². The maximum Gasteiger partial charge on any atom is 0.124 e. The Balaban J connectivity index is 2.49. The van der Waals surface area contributed by atoms with Crippen molar-refractivity contribution in [3.8, 4) is 5.75 Å². The molecule has 0 heterocycles. The van der Waals surface area contributed by atoms with Crippen molar-refractivity contribution < 1.29 is 9.13 Å². The summed E-state index contributed by atoms with van der Waals surface area (Å²) in [4.78, 5) is 0. The van der Waals surface area contributed by atoms with Crippen molar-refractivity contribution in [2.75, 3.05) is 7.11 Å². The molecule has 0 amide bonds. The molecule has 0 aliphatic rings. The smallest absolute Gasteiger partial charge is 0.124 e. The predicted octanol–water partition coefficient (Wildman–Crippen LogP) is 5.23.